The molecule has 0 bridgehead atoms. The molecule has 0 aliphatic carbocycles. The topological polar surface area (TPSA) is 32.3 Å². The van der Waals surface area contributed by atoms with E-state index in [0.29, 0.717) is 19.5 Å². The lowest BCUT2D eigenvalue weighted by Crippen LogP contribution is -2.60. The van der Waals surface area contributed by atoms with E-state index < -0.39 is 5.60 Å². The zero-order chi connectivity index (χ0) is 10.0. The number of rotatable bonds is 2. The second-order valence-corrected chi connectivity index (χ2v) is 3.85. The Labute approximate surface area is 84.0 Å². The van der Waals surface area contributed by atoms with E-state index in [9.17, 15) is 5.11 Å². The van der Waals surface area contributed by atoms with Crippen molar-refractivity contribution in [3.8, 4) is 12.3 Å². The van der Waals surface area contributed by atoms with Crippen LogP contribution in [0, 0.1) is 12.3 Å². The summed E-state index contributed by atoms with van der Waals surface area (Å²) < 4.78 is 0. The summed E-state index contributed by atoms with van der Waals surface area (Å²) >= 11 is 0. The van der Waals surface area contributed by atoms with Gasteiger partial charge in [-0.3, -0.25) is 0 Å². The largest absolute Gasteiger partial charge is 0.387 e. The maximum Gasteiger partial charge on any atom is 0.0935 e. The van der Waals surface area contributed by atoms with E-state index >= 15 is 0 Å². The molecular formula is C12H13NO. The van der Waals surface area contributed by atoms with Crippen LogP contribution in [-0.4, -0.2) is 23.8 Å². The number of aliphatic hydroxyl groups is 1. The molecule has 0 spiro atoms. The van der Waals surface area contributed by atoms with Gasteiger partial charge in [-0.15, -0.1) is 6.42 Å². The van der Waals surface area contributed by atoms with Crippen LogP contribution in [0.2, 0.25) is 0 Å². The fraction of sp³-hybridized carbons (Fsp3) is 0.333. The van der Waals surface area contributed by atoms with Crippen LogP contribution in [0.5, 0.6) is 0 Å². The molecular weight excluding hydrogens is 174 g/mol. The summed E-state index contributed by atoms with van der Waals surface area (Å²) in [5.74, 6) is 2.59. The predicted octanol–water partition coefficient (Wildman–Crippen LogP) is 0.545. The van der Waals surface area contributed by atoms with Gasteiger partial charge in [0, 0.05) is 25.1 Å². The molecule has 2 nitrogen and oxygen atoms in total. The Bertz CT molecular complexity index is 374. The van der Waals surface area contributed by atoms with E-state index in [2.05, 4.69) is 11.2 Å². The van der Waals surface area contributed by atoms with Gasteiger partial charge in [0.15, 0.2) is 0 Å². The van der Waals surface area contributed by atoms with Crippen molar-refractivity contribution >= 4 is 0 Å². The molecule has 14 heavy (non-hydrogen) atoms. The minimum absolute atomic E-state index is 0.562. The van der Waals surface area contributed by atoms with Crippen LogP contribution in [0.1, 0.15) is 11.1 Å². The molecule has 1 aliphatic rings. The SMILES string of the molecule is C#Cc1cccc(CC2(O)CNC2)c1. The van der Waals surface area contributed by atoms with E-state index in [1.165, 1.54) is 0 Å². The van der Waals surface area contributed by atoms with Crippen LogP contribution in [-0.2, 0) is 6.42 Å². The Morgan fingerprint density at radius 1 is 1.50 bits per heavy atom. The van der Waals surface area contributed by atoms with Crippen LogP contribution in [0.4, 0.5) is 0 Å². The van der Waals surface area contributed by atoms with Gasteiger partial charge in [0.25, 0.3) is 0 Å². The molecule has 0 atom stereocenters. The van der Waals surface area contributed by atoms with Gasteiger partial charge < -0.3 is 10.4 Å². The lowest BCUT2D eigenvalue weighted by atomic mass is 9.89. The number of hydrogen-bond acceptors (Lipinski definition) is 2. The smallest absolute Gasteiger partial charge is 0.0935 e. The predicted molar refractivity (Wildman–Crippen MR) is 55.9 cm³/mol. The van der Waals surface area contributed by atoms with Gasteiger partial charge in [-0.1, -0.05) is 18.1 Å². The number of nitrogens with one attached hydrogen (secondary N) is 1. The first kappa shape index (κ1) is 9.26. The third kappa shape index (κ3) is 1.79. The second kappa shape index (κ2) is 3.45. The van der Waals surface area contributed by atoms with E-state index in [1.54, 1.807) is 0 Å². The first-order valence-electron chi connectivity index (χ1n) is 4.70. The highest BCUT2D eigenvalue weighted by Crippen LogP contribution is 2.18. The van der Waals surface area contributed by atoms with Gasteiger partial charge >= 0.3 is 0 Å². The Kier molecular flexibility index (Phi) is 2.28. The molecule has 1 aliphatic heterocycles. The van der Waals surface area contributed by atoms with E-state index in [-0.39, 0.29) is 0 Å². The highest BCUT2D eigenvalue weighted by Gasteiger charge is 2.33. The Hall–Kier alpha value is -1.30. The fourth-order valence-electron chi connectivity index (χ4n) is 1.69. The first-order chi connectivity index (χ1) is 6.72. The molecule has 1 aromatic carbocycles. The highest BCUT2D eigenvalue weighted by molar-refractivity contribution is 5.36. The van der Waals surface area contributed by atoms with E-state index in [0.717, 1.165) is 11.1 Å². The van der Waals surface area contributed by atoms with Gasteiger partial charge in [0.2, 0.25) is 0 Å². The Morgan fingerprint density at radius 3 is 2.86 bits per heavy atom. The molecule has 72 valence electrons. The summed E-state index contributed by atoms with van der Waals surface area (Å²) in [4.78, 5) is 0. The molecule has 1 aromatic rings. The minimum atomic E-state index is -0.562. The maximum absolute atomic E-state index is 9.91. The van der Waals surface area contributed by atoms with Crippen molar-refractivity contribution < 1.29 is 5.11 Å². The molecule has 0 aromatic heterocycles. The Balaban J connectivity index is 2.13. The average Bonchev–Trinajstić information content (AvgIpc) is 2.16. The average molecular weight is 187 g/mol. The van der Waals surface area contributed by atoms with Crippen LogP contribution < -0.4 is 5.32 Å². The van der Waals surface area contributed by atoms with Crippen molar-refractivity contribution in [3.05, 3.63) is 35.4 Å². The summed E-state index contributed by atoms with van der Waals surface area (Å²) in [7, 11) is 0. The summed E-state index contributed by atoms with van der Waals surface area (Å²) in [5.41, 5.74) is 1.41. The monoisotopic (exact) mass is 187 g/mol. The number of benzene rings is 1. The van der Waals surface area contributed by atoms with E-state index in [4.69, 9.17) is 6.42 Å². The molecule has 1 fully saturated rings. The quantitative estimate of drug-likeness (QED) is 0.662. The van der Waals surface area contributed by atoms with E-state index in [1.807, 2.05) is 24.3 Å². The standard InChI is InChI=1S/C12H13NO/c1-2-10-4-3-5-11(6-10)7-12(14)8-13-9-12/h1,3-6,13-14H,7-9H2. The number of β-amino-alcohol motifs (C(OH)–C–C–N with tert-alkyl or cyclic N) is 1. The Morgan fingerprint density at radius 2 is 2.29 bits per heavy atom. The molecule has 0 radical (unpaired) electrons. The van der Waals surface area contributed by atoms with Crippen LogP contribution in [0.25, 0.3) is 0 Å². The molecule has 2 rings (SSSR count). The summed E-state index contributed by atoms with van der Waals surface area (Å²) in [6, 6.07) is 7.78. The van der Waals surface area contributed by atoms with Crippen LogP contribution >= 0.6 is 0 Å². The number of hydrogen-bond donors (Lipinski definition) is 2. The zero-order valence-corrected chi connectivity index (χ0v) is 7.96. The summed E-state index contributed by atoms with van der Waals surface area (Å²) in [6.45, 7) is 1.35. The summed E-state index contributed by atoms with van der Waals surface area (Å²) in [6.07, 6.45) is 5.98. The normalized spacial score (nSPS) is 18.3. The lowest BCUT2D eigenvalue weighted by molar-refractivity contribution is -0.00901. The lowest BCUT2D eigenvalue weighted by Gasteiger charge is -2.37. The molecule has 0 saturated carbocycles. The first-order valence-corrected chi connectivity index (χ1v) is 4.70. The number of terminal acetylenes is 1. The molecule has 0 amide bonds. The molecule has 2 heteroatoms. The molecule has 1 saturated heterocycles. The summed E-state index contributed by atoms with van der Waals surface area (Å²) in [5, 5.41) is 13.0. The van der Waals surface area contributed by atoms with Crippen molar-refractivity contribution in [1.82, 2.24) is 5.32 Å². The third-order valence-electron chi connectivity index (χ3n) is 2.53. The van der Waals surface area contributed by atoms with Gasteiger partial charge in [0.1, 0.15) is 0 Å². The van der Waals surface area contributed by atoms with Gasteiger partial charge in [0.05, 0.1) is 5.60 Å². The van der Waals surface area contributed by atoms with Gasteiger partial charge in [-0.2, -0.15) is 0 Å². The van der Waals surface area contributed by atoms with Crippen molar-refractivity contribution in [3.63, 3.8) is 0 Å². The molecule has 0 unspecified atom stereocenters. The second-order valence-electron chi connectivity index (χ2n) is 3.85. The van der Waals surface area contributed by atoms with Crippen molar-refractivity contribution in [2.24, 2.45) is 0 Å². The van der Waals surface area contributed by atoms with Crippen LogP contribution in [0.15, 0.2) is 24.3 Å². The molecule has 1 heterocycles. The zero-order valence-electron chi connectivity index (χ0n) is 7.96. The molecule has 2 N–H and O–H groups in total. The van der Waals surface area contributed by atoms with Crippen molar-refractivity contribution in [1.29, 1.82) is 0 Å². The minimum Gasteiger partial charge on any atom is -0.387 e. The van der Waals surface area contributed by atoms with Crippen LogP contribution in [0.3, 0.4) is 0 Å². The van der Waals surface area contributed by atoms with Gasteiger partial charge in [-0.05, 0) is 17.7 Å². The van der Waals surface area contributed by atoms with Gasteiger partial charge in [-0.25, -0.2) is 0 Å². The maximum atomic E-state index is 9.91. The fourth-order valence-corrected chi connectivity index (χ4v) is 1.69. The highest BCUT2D eigenvalue weighted by atomic mass is 16.3. The third-order valence-corrected chi connectivity index (χ3v) is 2.53. The van der Waals surface area contributed by atoms with Crippen molar-refractivity contribution in [2.75, 3.05) is 13.1 Å². The van der Waals surface area contributed by atoms with Crippen molar-refractivity contribution in [2.45, 2.75) is 12.0 Å².